The molecule has 0 saturated carbocycles. The molecular weight excluding hydrogens is 339 g/mol. The molecule has 0 fully saturated rings. The quantitative estimate of drug-likeness (QED) is 0.621. The summed E-state index contributed by atoms with van der Waals surface area (Å²) in [5, 5.41) is 3.92. The third-order valence-electron chi connectivity index (χ3n) is 2.53. The van der Waals surface area contributed by atoms with Gasteiger partial charge >= 0.3 is 0 Å². The van der Waals surface area contributed by atoms with Crippen LogP contribution < -0.4 is 5.32 Å². The number of halogens is 3. The lowest BCUT2D eigenvalue weighted by Crippen LogP contribution is -2.34. The Morgan fingerprint density at radius 3 is 2.69 bits per heavy atom. The Morgan fingerprint density at radius 1 is 1.44 bits per heavy atom. The lowest BCUT2D eigenvalue weighted by atomic mass is 10.1. The van der Waals surface area contributed by atoms with Crippen LogP contribution in [0.4, 0.5) is 4.39 Å². The molecule has 4 heteroatoms. The van der Waals surface area contributed by atoms with Crippen LogP contribution in [0.1, 0.15) is 19.4 Å². The van der Waals surface area contributed by atoms with Crippen LogP contribution in [0.2, 0.25) is 5.02 Å². The van der Waals surface area contributed by atoms with Crippen molar-refractivity contribution in [2.45, 2.75) is 26.4 Å². The molecule has 1 aromatic rings. The van der Waals surface area contributed by atoms with Gasteiger partial charge in [-0.15, -0.1) is 0 Å². The average molecular weight is 356 g/mol. The predicted molar refractivity (Wildman–Crippen MR) is 75.8 cm³/mol. The van der Waals surface area contributed by atoms with Gasteiger partial charge in [0.25, 0.3) is 0 Å². The fraction of sp³-hybridized carbons (Fsp3) is 0.500. The normalized spacial score (nSPS) is 13.1. The van der Waals surface area contributed by atoms with Crippen molar-refractivity contribution in [2.75, 3.05) is 4.43 Å². The average Bonchev–Trinajstić information content (AvgIpc) is 2.23. The molecule has 0 spiro atoms. The molecule has 1 N–H and O–H groups in total. The number of alkyl halides is 1. The van der Waals surface area contributed by atoms with Gasteiger partial charge in [-0.1, -0.05) is 48.0 Å². The molecule has 0 bridgehead atoms. The summed E-state index contributed by atoms with van der Waals surface area (Å²) in [6.07, 6.45) is 0. The molecule has 1 aromatic carbocycles. The van der Waals surface area contributed by atoms with E-state index in [4.69, 9.17) is 11.6 Å². The van der Waals surface area contributed by atoms with Gasteiger partial charge < -0.3 is 5.32 Å². The molecule has 1 atom stereocenters. The highest BCUT2D eigenvalue weighted by atomic mass is 127. The molecule has 1 nitrogen and oxygen atoms in total. The SMILES string of the molecule is CC(C)C(CI)NCc1cc(Cl)ccc1F. The molecule has 90 valence electrons. The highest BCUT2D eigenvalue weighted by molar-refractivity contribution is 14.1. The first-order valence-electron chi connectivity index (χ1n) is 5.28. The van der Waals surface area contributed by atoms with Crippen molar-refractivity contribution < 1.29 is 4.39 Å². The molecule has 0 heterocycles. The van der Waals surface area contributed by atoms with Gasteiger partial charge in [-0.25, -0.2) is 4.39 Å². The van der Waals surface area contributed by atoms with Crippen molar-refractivity contribution in [3.63, 3.8) is 0 Å². The van der Waals surface area contributed by atoms with Gasteiger partial charge in [0.15, 0.2) is 0 Å². The van der Waals surface area contributed by atoms with E-state index in [0.717, 1.165) is 4.43 Å². The maximum Gasteiger partial charge on any atom is 0.127 e. The Balaban J connectivity index is 2.63. The minimum atomic E-state index is -0.201. The highest BCUT2D eigenvalue weighted by Crippen LogP contribution is 2.15. The fourth-order valence-corrected chi connectivity index (χ4v) is 2.91. The van der Waals surface area contributed by atoms with Crippen molar-refractivity contribution in [1.29, 1.82) is 0 Å². The molecule has 0 aliphatic rings. The van der Waals surface area contributed by atoms with Crippen LogP contribution in [-0.2, 0) is 6.54 Å². The lowest BCUT2D eigenvalue weighted by molar-refractivity contribution is 0.431. The van der Waals surface area contributed by atoms with E-state index in [2.05, 4.69) is 41.8 Å². The van der Waals surface area contributed by atoms with Crippen LogP contribution in [-0.4, -0.2) is 10.5 Å². The number of rotatable bonds is 5. The molecule has 0 amide bonds. The standard InChI is InChI=1S/C12H16ClFIN/c1-8(2)12(6-15)16-7-9-5-10(13)3-4-11(9)14/h3-5,8,12,16H,6-7H2,1-2H3. The van der Waals surface area contributed by atoms with Crippen molar-refractivity contribution in [1.82, 2.24) is 5.32 Å². The molecule has 0 aliphatic heterocycles. The Kier molecular flexibility index (Phi) is 6.00. The lowest BCUT2D eigenvalue weighted by Gasteiger charge is -2.20. The van der Waals surface area contributed by atoms with Gasteiger partial charge in [0.2, 0.25) is 0 Å². The number of benzene rings is 1. The van der Waals surface area contributed by atoms with E-state index in [1.165, 1.54) is 6.07 Å². The summed E-state index contributed by atoms with van der Waals surface area (Å²) in [4.78, 5) is 0. The third kappa shape index (κ3) is 4.18. The second-order valence-corrected chi connectivity index (χ2v) is 5.44. The first-order chi connectivity index (χ1) is 7.54. The van der Waals surface area contributed by atoms with Gasteiger partial charge in [0.05, 0.1) is 0 Å². The first kappa shape index (κ1) is 14.2. The van der Waals surface area contributed by atoms with Crippen LogP contribution in [0, 0.1) is 11.7 Å². The van der Waals surface area contributed by atoms with E-state index in [9.17, 15) is 4.39 Å². The minimum absolute atomic E-state index is 0.201. The van der Waals surface area contributed by atoms with E-state index in [1.807, 2.05) is 0 Å². The maximum atomic E-state index is 13.4. The zero-order chi connectivity index (χ0) is 12.1. The minimum Gasteiger partial charge on any atom is -0.309 e. The molecule has 0 aliphatic carbocycles. The summed E-state index contributed by atoms with van der Waals surface area (Å²) >= 11 is 8.17. The van der Waals surface area contributed by atoms with E-state index < -0.39 is 0 Å². The molecule has 1 rings (SSSR count). The van der Waals surface area contributed by atoms with Gasteiger partial charge in [0.1, 0.15) is 5.82 Å². The second-order valence-electron chi connectivity index (χ2n) is 4.12. The van der Waals surface area contributed by atoms with Crippen molar-refractivity contribution in [3.05, 3.63) is 34.6 Å². The van der Waals surface area contributed by atoms with Crippen molar-refractivity contribution in [2.24, 2.45) is 5.92 Å². The Hall–Kier alpha value is 0.130. The molecule has 16 heavy (non-hydrogen) atoms. The van der Waals surface area contributed by atoms with Crippen LogP contribution in [0.5, 0.6) is 0 Å². The monoisotopic (exact) mass is 355 g/mol. The van der Waals surface area contributed by atoms with Crippen LogP contribution in [0.15, 0.2) is 18.2 Å². The Labute approximate surface area is 115 Å². The molecular formula is C12H16ClFIN. The van der Waals surface area contributed by atoms with E-state index in [-0.39, 0.29) is 5.82 Å². The van der Waals surface area contributed by atoms with E-state index >= 15 is 0 Å². The predicted octanol–water partition coefficient (Wildman–Crippen LogP) is 4.03. The first-order valence-corrected chi connectivity index (χ1v) is 7.18. The topological polar surface area (TPSA) is 12.0 Å². The van der Waals surface area contributed by atoms with Gasteiger partial charge in [0, 0.05) is 27.6 Å². The van der Waals surface area contributed by atoms with Gasteiger partial charge in [-0.2, -0.15) is 0 Å². The smallest absolute Gasteiger partial charge is 0.127 e. The van der Waals surface area contributed by atoms with Crippen molar-refractivity contribution in [3.8, 4) is 0 Å². The van der Waals surface area contributed by atoms with Gasteiger partial charge in [-0.05, 0) is 24.1 Å². The Bertz CT molecular complexity index is 344. The molecule has 0 radical (unpaired) electrons. The van der Waals surface area contributed by atoms with Crippen LogP contribution in [0.3, 0.4) is 0 Å². The summed E-state index contributed by atoms with van der Waals surface area (Å²) in [6.45, 7) is 4.84. The molecule has 0 saturated heterocycles. The largest absolute Gasteiger partial charge is 0.309 e. The summed E-state index contributed by atoms with van der Waals surface area (Å²) in [7, 11) is 0. The van der Waals surface area contributed by atoms with Crippen LogP contribution >= 0.6 is 34.2 Å². The molecule has 0 aromatic heterocycles. The Morgan fingerprint density at radius 2 is 2.12 bits per heavy atom. The highest BCUT2D eigenvalue weighted by Gasteiger charge is 2.12. The second kappa shape index (κ2) is 6.77. The summed E-state index contributed by atoms with van der Waals surface area (Å²) in [6, 6.07) is 5.06. The maximum absolute atomic E-state index is 13.4. The summed E-state index contributed by atoms with van der Waals surface area (Å²) < 4.78 is 14.4. The third-order valence-corrected chi connectivity index (χ3v) is 3.72. The fourth-order valence-electron chi connectivity index (χ4n) is 1.39. The number of hydrogen-bond donors (Lipinski definition) is 1. The van der Waals surface area contributed by atoms with E-state index in [1.54, 1.807) is 12.1 Å². The zero-order valence-electron chi connectivity index (χ0n) is 9.43. The summed E-state index contributed by atoms with van der Waals surface area (Å²) in [5.41, 5.74) is 0.628. The van der Waals surface area contributed by atoms with Crippen molar-refractivity contribution >= 4 is 34.2 Å². The summed E-state index contributed by atoms with van der Waals surface area (Å²) in [5.74, 6) is 0.340. The van der Waals surface area contributed by atoms with Crippen LogP contribution in [0.25, 0.3) is 0 Å². The molecule has 1 unspecified atom stereocenters. The van der Waals surface area contributed by atoms with E-state index in [0.29, 0.717) is 29.1 Å². The van der Waals surface area contributed by atoms with Gasteiger partial charge in [-0.3, -0.25) is 0 Å². The number of hydrogen-bond acceptors (Lipinski definition) is 1. The zero-order valence-corrected chi connectivity index (χ0v) is 12.3. The number of nitrogens with one attached hydrogen (secondary N) is 1.